The van der Waals surface area contributed by atoms with Gasteiger partial charge >= 0.3 is 11.9 Å². The van der Waals surface area contributed by atoms with Gasteiger partial charge in [-0.15, -0.1) is 0 Å². The second-order valence-electron chi connectivity index (χ2n) is 5.57. The van der Waals surface area contributed by atoms with E-state index in [0.717, 1.165) is 0 Å². The molecule has 0 unspecified atom stereocenters. The van der Waals surface area contributed by atoms with Crippen molar-refractivity contribution in [1.82, 2.24) is 0 Å². The third-order valence-corrected chi connectivity index (χ3v) is 3.21. The third-order valence-electron chi connectivity index (χ3n) is 3.21. The lowest BCUT2D eigenvalue weighted by atomic mass is 10.2. The van der Waals surface area contributed by atoms with Gasteiger partial charge in [0.15, 0.2) is 0 Å². The van der Waals surface area contributed by atoms with Gasteiger partial charge in [0.1, 0.15) is 13.2 Å². The van der Waals surface area contributed by atoms with Crippen molar-refractivity contribution in [2.24, 2.45) is 0 Å². The molecule has 0 aromatic heterocycles. The molecule has 0 spiro atoms. The van der Waals surface area contributed by atoms with Crippen LogP contribution in [-0.4, -0.2) is 105 Å². The SMILES string of the molecule is C=C(CC(=O)OCCOCCOCCOC)C(=O)OCCOCCOCCOC. The zero-order valence-corrected chi connectivity index (χ0v) is 17.5. The number of esters is 2. The average Bonchev–Trinajstić information content (AvgIpc) is 2.71. The second kappa shape index (κ2) is 21.2. The van der Waals surface area contributed by atoms with Crippen molar-refractivity contribution >= 4 is 11.9 Å². The van der Waals surface area contributed by atoms with Crippen molar-refractivity contribution in [3.8, 4) is 0 Å². The smallest absolute Gasteiger partial charge is 0.334 e. The van der Waals surface area contributed by atoms with Gasteiger partial charge in [-0.2, -0.15) is 0 Å². The van der Waals surface area contributed by atoms with Gasteiger partial charge in [0.25, 0.3) is 0 Å². The van der Waals surface area contributed by atoms with Gasteiger partial charge in [-0.3, -0.25) is 4.79 Å². The van der Waals surface area contributed by atoms with Crippen LogP contribution >= 0.6 is 0 Å². The van der Waals surface area contributed by atoms with Crippen molar-refractivity contribution in [2.45, 2.75) is 6.42 Å². The number of rotatable bonds is 21. The Hall–Kier alpha value is -1.56. The molecule has 0 atom stereocenters. The van der Waals surface area contributed by atoms with Gasteiger partial charge in [-0.05, 0) is 0 Å². The van der Waals surface area contributed by atoms with Crippen molar-refractivity contribution in [2.75, 3.05) is 93.5 Å². The van der Waals surface area contributed by atoms with Gasteiger partial charge in [0.05, 0.1) is 72.5 Å². The molecular formula is C19H34O10. The van der Waals surface area contributed by atoms with Crippen molar-refractivity contribution in [3.05, 3.63) is 12.2 Å². The molecule has 0 fully saturated rings. The lowest BCUT2D eigenvalue weighted by Gasteiger charge is -2.09. The number of ether oxygens (including phenoxy) is 8. The highest BCUT2D eigenvalue weighted by molar-refractivity contribution is 5.93. The fraction of sp³-hybridized carbons (Fsp3) is 0.789. The molecule has 0 aliphatic carbocycles. The Labute approximate surface area is 172 Å². The van der Waals surface area contributed by atoms with Crippen molar-refractivity contribution in [1.29, 1.82) is 0 Å². The van der Waals surface area contributed by atoms with Crippen LogP contribution in [0.4, 0.5) is 0 Å². The predicted octanol–water partition coefficient (Wildman–Crippen LogP) is 0.378. The number of carbonyl (C=O) groups excluding carboxylic acids is 2. The maximum atomic E-state index is 11.7. The van der Waals surface area contributed by atoms with E-state index in [1.165, 1.54) is 0 Å². The van der Waals surface area contributed by atoms with Crippen LogP contribution in [0.15, 0.2) is 12.2 Å². The number of hydrogen-bond donors (Lipinski definition) is 0. The van der Waals surface area contributed by atoms with Crippen molar-refractivity contribution in [3.63, 3.8) is 0 Å². The average molecular weight is 422 g/mol. The van der Waals surface area contributed by atoms with E-state index in [0.29, 0.717) is 52.9 Å². The number of hydrogen-bond acceptors (Lipinski definition) is 10. The topological polar surface area (TPSA) is 108 Å². The van der Waals surface area contributed by atoms with Crippen LogP contribution < -0.4 is 0 Å². The summed E-state index contributed by atoms with van der Waals surface area (Å²) in [4.78, 5) is 23.4. The van der Waals surface area contributed by atoms with Gasteiger partial charge in [-0.25, -0.2) is 4.79 Å². The monoisotopic (exact) mass is 422 g/mol. The summed E-state index contributed by atoms with van der Waals surface area (Å²) in [6.45, 7) is 7.85. The van der Waals surface area contributed by atoms with Crippen LogP contribution in [0.1, 0.15) is 6.42 Å². The molecule has 0 rings (SSSR count). The van der Waals surface area contributed by atoms with E-state index in [1.807, 2.05) is 0 Å². The van der Waals surface area contributed by atoms with Crippen LogP contribution in [0, 0.1) is 0 Å². The highest BCUT2D eigenvalue weighted by Gasteiger charge is 2.14. The Morgan fingerprint density at radius 1 is 0.586 bits per heavy atom. The fourth-order valence-corrected chi connectivity index (χ4v) is 1.74. The molecule has 0 aliphatic rings. The van der Waals surface area contributed by atoms with E-state index < -0.39 is 11.9 Å². The molecular weight excluding hydrogens is 388 g/mol. The highest BCUT2D eigenvalue weighted by atomic mass is 16.6. The molecule has 0 radical (unpaired) electrons. The minimum Gasteiger partial charge on any atom is -0.463 e. The van der Waals surface area contributed by atoms with E-state index in [1.54, 1.807) is 14.2 Å². The van der Waals surface area contributed by atoms with Gasteiger partial charge < -0.3 is 37.9 Å². The van der Waals surface area contributed by atoms with Gasteiger partial charge in [-0.1, -0.05) is 6.58 Å². The maximum Gasteiger partial charge on any atom is 0.334 e. The molecule has 29 heavy (non-hydrogen) atoms. The van der Waals surface area contributed by atoms with E-state index >= 15 is 0 Å². The zero-order chi connectivity index (χ0) is 21.6. The summed E-state index contributed by atoms with van der Waals surface area (Å²) < 4.78 is 40.5. The lowest BCUT2D eigenvalue weighted by molar-refractivity contribution is -0.148. The minimum atomic E-state index is -0.661. The zero-order valence-electron chi connectivity index (χ0n) is 17.5. The third kappa shape index (κ3) is 19.5. The molecule has 0 bridgehead atoms. The standard InChI is InChI=1S/C19H34O10/c1-17(19(21)29-15-13-27-11-9-25-7-5-23-3)16-18(20)28-14-12-26-10-8-24-6-4-22-2/h1,4-16H2,2-3H3. The van der Waals surface area contributed by atoms with E-state index in [-0.39, 0.29) is 38.4 Å². The summed E-state index contributed by atoms with van der Waals surface area (Å²) in [5.74, 6) is -1.23. The molecule has 0 heterocycles. The first-order chi connectivity index (χ1) is 14.1. The largest absolute Gasteiger partial charge is 0.463 e. The molecule has 0 saturated carbocycles. The van der Waals surface area contributed by atoms with E-state index in [4.69, 9.17) is 37.9 Å². The maximum absolute atomic E-state index is 11.7. The minimum absolute atomic E-state index is 0.0189. The van der Waals surface area contributed by atoms with Crippen LogP contribution in [0.3, 0.4) is 0 Å². The summed E-state index contributed by atoms with van der Waals surface area (Å²) in [5.41, 5.74) is 0.0189. The first-order valence-electron chi connectivity index (χ1n) is 9.41. The first-order valence-corrected chi connectivity index (χ1v) is 9.41. The molecule has 0 N–H and O–H groups in total. The molecule has 10 nitrogen and oxygen atoms in total. The van der Waals surface area contributed by atoms with E-state index in [9.17, 15) is 9.59 Å². The van der Waals surface area contributed by atoms with E-state index in [2.05, 4.69) is 6.58 Å². The summed E-state index contributed by atoms with van der Waals surface area (Å²) in [7, 11) is 3.20. The second-order valence-corrected chi connectivity index (χ2v) is 5.57. The normalized spacial score (nSPS) is 10.7. The van der Waals surface area contributed by atoms with Crippen LogP contribution in [-0.2, 0) is 47.5 Å². The van der Waals surface area contributed by atoms with Crippen LogP contribution in [0.5, 0.6) is 0 Å². The Balaban J connectivity index is 3.52. The Morgan fingerprint density at radius 3 is 1.41 bits per heavy atom. The highest BCUT2D eigenvalue weighted by Crippen LogP contribution is 2.03. The van der Waals surface area contributed by atoms with Crippen LogP contribution in [0.25, 0.3) is 0 Å². The number of carbonyl (C=O) groups is 2. The molecule has 10 heteroatoms. The Kier molecular flexibility index (Phi) is 20.0. The number of methoxy groups -OCH3 is 2. The summed E-state index contributed by atoms with van der Waals surface area (Å²) in [6, 6.07) is 0. The Morgan fingerprint density at radius 2 is 0.966 bits per heavy atom. The molecule has 0 aromatic rings. The predicted molar refractivity (Wildman–Crippen MR) is 103 cm³/mol. The molecule has 0 aromatic carbocycles. The van der Waals surface area contributed by atoms with Crippen LogP contribution in [0.2, 0.25) is 0 Å². The van der Waals surface area contributed by atoms with Crippen molar-refractivity contribution < 1.29 is 47.5 Å². The van der Waals surface area contributed by atoms with Gasteiger partial charge in [0, 0.05) is 19.8 Å². The molecule has 0 saturated heterocycles. The quantitative estimate of drug-likeness (QED) is 0.146. The lowest BCUT2D eigenvalue weighted by Crippen LogP contribution is -2.18. The summed E-state index contributed by atoms with van der Waals surface area (Å²) in [6.07, 6.45) is -0.243. The summed E-state index contributed by atoms with van der Waals surface area (Å²) >= 11 is 0. The summed E-state index contributed by atoms with van der Waals surface area (Å²) in [5, 5.41) is 0. The fourth-order valence-electron chi connectivity index (χ4n) is 1.74. The molecule has 0 amide bonds. The Bertz CT molecular complexity index is 427. The molecule has 0 aliphatic heterocycles. The van der Waals surface area contributed by atoms with Gasteiger partial charge in [0.2, 0.25) is 0 Å². The first kappa shape index (κ1) is 27.4. The molecule has 170 valence electrons.